The molecular formula is C6H13N2O2-. The molecule has 0 aliphatic heterocycles. The lowest BCUT2D eigenvalue weighted by Crippen LogP contribution is -2.38. The maximum Gasteiger partial charge on any atom is 0.0637 e. The van der Waals surface area contributed by atoms with Crippen molar-refractivity contribution >= 4 is 6.02 Å². The Kier molecular flexibility index (Phi) is 4.66. The van der Waals surface area contributed by atoms with Crippen molar-refractivity contribution in [1.29, 1.82) is 0 Å². The van der Waals surface area contributed by atoms with Crippen LogP contribution in [0.25, 0.3) is 0 Å². The Morgan fingerprint density at radius 2 is 2.30 bits per heavy atom. The van der Waals surface area contributed by atoms with Crippen LogP contribution in [0.15, 0.2) is 4.99 Å². The molecule has 0 aromatic carbocycles. The Labute approximate surface area is 61.1 Å². The van der Waals surface area contributed by atoms with Crippen molar-refractivity contribution in [2.75, 3.05) is 34.4 Å². The molecule has 0 aliphatic carbocycles. The quantitative estimate of drug-likeness (QED) is 0.374. The third kappa shape index (κ3) is 3.29. The third-order valence-electron chi connectivity index (χ3n) is 1.15. The minimum Gasteiger partial charge on any atom is -0.846 e. The van der Waals surface area contributed by atoms with E-state index in [1.807, 2.05) is 0 Å². The Morgan fingerprint density at radius 1 is 1.70 bits per heavy atom. The molecule has 0 fully saturated rings. The minimum absolute atomic E-state index is 0.211. The Morgan fingerprint density at radius 3 is 2.70 bits per heavy atom. The van der Waals surface area contributed by atoms with Crippen LogP contribution in [0.4, 0.5) is 0 Å². The molecule has 10 heavy (non-hydrogen) atoms. The minimum atomic E-state index is -0.211. The lowest BCUT2D eigenvalue weighted by molar-refractivity contribution is -0.234. The highest BCUT2D eigenvalue weighted by atomic mass is 16.5. The summed E-state index contributed by atoms with van der Waals surface area (Å²) in [6.07, 6.45) is 0. The molecule has 0 atom stereocenters. The predicted octanol–water partition coefficient (Wildman–Crippen LogP) is -1.09. The zero-order valence-electron chi connectivity index (χ0n) is 6.63. The average Bonchev–Trinajstić information content (AvgIpc) is 1.98. The van der Waals surface area contributed by atoms with E-state index in [1.54, 1.807) is 14.2 Å². The van der Waals surface area contributed by atoms with Gasteiger partial charge in [-0.05, 0) is 0 Å². The molecule has 0 aromatic rings. The van der Waals surface area contributed by atoms with Crippen molar-refractivity contribution in [3.63, 3.8) is 0 Å². The monoisotopic (exact) mass is 145 g/mol. The van der Waals surface area contributed by atoms with E-state index in [1.165, 1.54) is 11.9 Å². The first-order chi connectivity index (χ1) is 4.72. The van der Waals surface area contributed by atoms with E-state index in [0.717, 1.165) is 0 Å². The fourth-order valence-electron chi connectivity index (χ4n) is 0.495. The molecule has 0 saturated carbocycles. The van der Waals surface area contributed by atoms with E-state index in [2.05, 4.69) is 4.99 Å². The number of methoxy groups -OCH3 is 1. The Bertz CT molecular complexity index is 114. The van der Waals surface area contributed by atoms with Crippen molar-refractivity contribution < 1.29 is 9.84 Å². The van der Waals surface area contributed by atoms with Crippen molar-refractivity contribution in [1.82, 2.24) is 4.90 Å². The molecule has 0 unspecified atom stereocenters. The molecule has 0 rings (SSSR count). The van der Waals surface area contributed by atoms with Gasteiger partial charge < -0.3 is 14.7 Å². The van der Waals surface area contributed by atoms with Gasteiger partial charge in [0, 0.05) is 33.8 Å². The van der Waals surface area contributed by atoms with E-state index >= 15 is 0 Å². The second-order valence-electron chi connectivity index (χ2n) is 1.92. The molecule has 0 amide bonds. The smallest absolute Gasteiger partial charge is 0.0637 e. The van der Waals surface area contributed by atoms with Crippen molar-refractivity contribution in [2.45, 2.75) is 0 Å². The van der Waals surface area contributed by atoms with Gasteiger partial charge in [-0.15, -0.1) is 0 Å². The van der Waals surface area contributed by atoms with Gasteiger partial charge in [-0.1, -0.05) is 0 Å². The summed E-state index contributed by atoms with van der Waals surface area (Å²) >= 11 is 0. The van der Waals surface area contributed by atoms with Gasteiger partial charge in [0.15, 0.2) is 0 Å². The van der Waals surface area contributed by atoms with Gasteiger partial charge in [0.25, 0.3) is 0 Å². The van der Waals surface area contributed by atoms with Crippen LogP contribution in [0.5, 0.6) is 0 Å². The molecule has 4 nitrogen and oxygen atoms in total. The first kappa shape index (κ1) is 9.23. The number of amidine groups is 1. The second kappa shape index (κ2) is 5.05. The highest BCUT2D eigenvalue weighted by molar-refractivity contribution is 5.68. The van der Waals surface area contributed by atoms with Crippen LogP contribution in [0.1, 0.15) is 0 Å². The molecule has 4 heteroatoms. The van der Waals surface area contributed by atoms with E-state index in [-0.39, 0.29) is 6.02 Å². The summed E-state index contributed by atoms with van der Waals surface area (Å²) in [5.41, 5.74) is 0. The van der Waals surface area contributed by atoms with E-state index < -0.39 is 0 Å². The number of hydrogen-bond acceptors (Lipinski definition) is 3. The molecule has 60 valence electrons. The molecule has 0 radical (unpaired) electrons. The largest absolute Gasteiger partial charge is 0.846 e. The molecule has 0 N–H and O–H groups in total. The molecule has 0 spiro atoms. The Hall–Kier alpha value is -0.770. The number of nitrogens with zero attached hydrogens (tertiary/aromatic N) is 2. The van der Waals surface area contributed by atoms with Crippen molar-refractivity contribution in [3.05, 3.63) is 0 Å². The molecular weight excluding hydrogens is 132 g/mol. The van der Waals surface area contributed by atoms with Crippen LogP contribution in [-0.2, 0) is 4.74 Å². The van der Waals surface area contributed by atoms with Gasteiger partial charge in [0.2, 0.25) is 0 Å². The summed E-state index contributed by atoms with van der Waals surface area (Å²) in [4.78, 5) is 4.98. The number of likely N-dealkylation sites (N-methyl/N-ethyl adjacent to an activating group) is 1. The van der Waals surface area contributed by atoms with Crippen LogP contribution >= 0.6 is 0 Å². The van der Waals surface area contributed by atoms with Gasteiger partial charge >= 0.3 is 0 Å². The van der Waals surface area contributed by atoms with Gasteiger partial charge in [-0.2, -0.15) is 0 Å². The SMILES string of the molecule is CN=C([O-])N(C)CCOC. The lowest BCUT2D eigenvalue weighted by Gasteiger charge is -2.23. The second-order valence-corrected chi connectivity index (χ2v) is 1.92. The first-order valence-corrected chi connectivity index (χ1v) is 3.06. The van der Waals surface area contributed by atoms with Crippen molar-refractivity contribution in [2.24, 2.45) is 4.99 Å². The van der Waals surface area contributed by atoms with Crippen LogP contribution in [0.2, 0.25) is 0 Å². The topological polar surface area (TPSA) is 47.9 Å². The first-order valence-electron chi connectivity index (χ1n) is 3.06. The van der Waals surface area contributed by atoms with Crippen LogP contribution in [0.3, 0.4) is 0 Å². The molecule has 0 aliphatic rings. The van der Waals surface area contributed by atoms with Gasteiger partial charge in [-0.25, -0.2) is 0 Å². The maximum absolute atomic E-state index is 10.7. The summed E-state index contributed by atoms with van der Waals surface area (Å²) in [7, 11) is 4.77. The lowest BCUT2D eigenvalue weighted by atomic mass is 10.6. The normalized spacial score (nSPS) is 11.7. The standard InChI is InChI=1S/C6H14N2O2/c1-7-6(9)8(2)4-5-10-3/h4-5H2,1-3H3,(H,7,9)/p-1. The number of aliphatic imine (C=N–C) groups is 1. The van der Waals surface area contributed by atoms with E-state index in [4.69, 9.17) is 4.74 Å². The number of rotatable bonds is 3. The summed E-state index contributed by atoms with van der Waals surface area (Å²) < 4.78 is 4.77. The number of hydrogen-bond donors (Lipinski definition) is 0. The van der Waals surface area contributed by atoms with Gasteiger partial charge in [-0.3, -0.25) is 4.99 Å². The summed E-state index contributed by atoms with van der Waals surface area (Å²) in [5, 5.41) is 10.7. The van der Waals surface area contributed by atoms with Crippen LogP contribution < -0.4 is 5.11 Å². The fraction of sp³-hybridized carbons (Fsp3) is 0.833. The summed E-state index contributed by atoms with van der Waals surface area (Å²) in [6.45, 7) is 1.14. The molecule has 0 aromatic heterocycles. The van der Waals surface area contributed by atoms with E-state index in [0.29, 0.717) is 13.2 Å². The van der Waals surface area contributed by atoms with Gasteiger partial charge in [0.1, 0.15) is 0 Å². The Balaban J connectivity index is 3.51. The maximum atomic E-state index is 10.7. The fourth-order valence-corrected chi connectivity index (χ4v) is 0.495. The summed E-state index contributed by atoms with van der Waals surface area (Å²) in [6, 6.07) is -0.211. The molecule has 0 heterocycles. The zero-order chi connectivity index (χ0) is 7.98. The highest BCUT2D eigenvalue weighted by Gasteiger charge is 1.92. The van der Waals surface area contributed by atoms with Crippen LogP contribution in [-0.4, -0.2) is 45.3 Å². The third-order valence-corrected chi connectivity index (χ3v) is 1.15. The number of ether oxygens (including phenoxy) is 1. The summed E-state index contributed by atoms with van der Waals surface area (Å²) in [5.74, 6) is 0. The average molecular weight is 145 g/mol. The van der Waals surface area contributed by atoms with Gasteiger partial charge in [0.05, 0.1) is 6.61 Å². The molecule has 0 saturated heterocycles. The zero-order valence-corrected chi connectivity index (χ0v) is 6.63. The molecule has 0 bridgehead atoms. The van der Waals surface area contributed by atoms with E-state index in [9.17, 15) is 5.11 Å². The van der Waals surface area contributed by atoms with Crippen molar-refractivity contribution in [3.8, 4) is 0 Å². The predicted molar refractivity (Wildman–Crippen MR) is 37.9 cm³/mol. The highest BCUT2D eigenvalue weighted by Crippen LogP contribution is 1.80. The van der Waals surface area contributed by atoms with Crippen LogP contribution in [0, 0.1) is 0 Å².